The van der Waals surface area contributed by atoms with E-state index in [1.807, 2.05) is 0 Å². The topological polar surface area (TPSA) is 118 Å². The summed E-state index contributed by atoms with van der Waals surface area (Å²) in [5, 5.41) is 9.41. The molecule has 4 heterocycles. The molecule has 2 N–H and O–H groups in total. The number of carbonyl (C=O) groups is 3. The fourth-order valence-electron chi connectivity index (χ4n) is 4.89. The molecule has 1 fully saturated rings. The number of aromatic amines is 1. The second kappa shape index (κ2) is 7.52. The Labute approximate surface area is 197 Å². The summed E-state index contributed by atoms with van der Waals surface area (Å²) in [5.74, 6) is -1.06. The summed E-state index contributed by atoms with van der Waals surface area (Å²) in [7, 11) is 1.52. The van der Waals surface area contributed by atoms with Gasteiger partial charge in [0.15, 0.2) is 0 Å². The Morgan fingerprint density at radius 1 is 1.17 bits per heavy atom. The van der Waals surface area contributed by atoms with Gasteiger partial charge in [-0.2, -0.15) is 5.10 Å². The molecule has 4 aromatic rings. The van der Waals surface area contributed by atoms with Crippen molar-refractivity contribution in [3.05, 3.63) is 71.5 Å². The Kier molecular flexibility index (Phi) is 4.53. The molecule has 0 aliphatic carbocycles. The molecule has 0 bridgehead atoms. The largest absolute Gasteiger partial charge is 0.497 e. The number of amides is 3. The average Bonchev–Trinajstić information content (AvgIpc) is 3.61. The third-order valence-corrected chi connectivity index (χ3v) is 6.69. The van der Waals surface area contributed by atoms with Crippen molar-refractivity contribution in [3.8, 4) is 16.9 Å². The number of nitrogens with one attached hydrogen (secondary N) is 2. The van der Waals surface area contributed by atoms with Gasteiger partial charge in [-0.3, -0.25) is 24.8 Å². The molecule has 2 aliphatic rings. The molecule has 10 heteroatoms. The minimum absolute atomic E-state index is 0.0721. The number of hydrogen-bond donors (Lipinski definition) is 2. The fraction of sp³-hybridized carbons (Fsp3) is 0.200. The zero-order valence-corrected chi connectivity index (χ0v) is 18.6. The van der Waals surface area contributed by atoms with Gasteiger partial charge in [-0.05, 0) is 29.8 Å². The van der Waals surface area contributed by atoms with E-state index in [9.17, 15) is 18.8 Å². The molecule has 2 aromatic heterocycles. The number of aromatic nitrogens is 2. The highest BCUT2D eigenvalue weighted by molar-refractivity contribution is 6.10. The number of H-pyrrole nitrogens is 1. The van der Waals surface area contributed by atoms with Crippen molar-refractivity contribution in [2.45, 2.75) is 18.4 Å². The molecule has 0 spiro atoms. The minimum atomic E-state index is -1.44. The maximum Gasteiger partial charge on any atom is 0.254 e. The number of rotatable bonds is 5. The van der Waals surface area contributed by atoms with Crippen LogP contribution < -0.4 is 10.1 Å². The molecule has 9 nitrogen and oxygen atoms in total. The van der Waals surface area contributed by atoms with Gasteiger partial charge in [-0.15, -0.1) is 0 Å². The predicted octanol–water partition coefficient (Wildman–Crippen LogP) is 2.91. The van der Waals surface area contributed by atoms with Crippen molar-refractivity contribution in [3.63, 3.8) is 0 Å². The van der Waals surface area contributed by atoms with E-state index in [1.165, 1.54) is 24.3 Å². The Morgan fingerprint density at radius 2 is 2.03 bits per heavy atom. The predicted molar refractivity (Wildman–Crippen MR) is 121 cm³/mol. The molecular formula is C25H19FN4O5. The number of halogens is 1. The monoisotopic (exact) mass is 474 g/mol. The van der Waals surface area contributed by atoms with E-state index in [2.05, 4.69) is 15.5 Å². The lowest BCUT2D eigenvalue weighted by atomic mass is 9.82. The molecule has 6 rings (SSSR count). The van der Waals surface area contributed by atoms with Crippen LogP contribution in [0.1, 0.15) is 28.1 Å². The maximum atomic E-state index is 14.8. The third kappa shape index (κ3) is 3.21. The van der Waals surface area contributed by atoms with Crippen LogP contribution in [0.5, 0.6) is 5.75 Å². The second-order valence-corrected chi connectivity index (χ2v) is 8.79. The van der Waals surface area contributed by atoms with Gasteiger partial charge in [0.25, 0.3) is 5.91 Å². The van der Waals surface area contributed by atoms with Crippen molar-refractivity contribution in [1.82, 2.24) is 20.4 Å². The molecule has 35 heavy (non-hydrogen) atoms. The van der Waals surface area contributed by atoms with E-state index in [0.29, 0.717) is 27.8 Å². The molecule has 2 aromatic carbocycles. The average molecular weight is 474 g/mol. The van der Waals surface area contributed by atoms with Gasteiger partial charge in [-0.25, -0.2) is 4.39 Å². The second-order valence-electron chi connectivity index (χ2n) is 8.79. The van der Waals surface area contributed by atoms with Crippen LogP contribution in [0.15, 0.2) is 53.2 Å². The van der Waals surface area contributed by atoms with Gasteiger partial charge >= 0.3 is 0 Å². The quantitative estimate of drug-likeness (QED) is 0.430. The molecule has 3 amide bonds. The molecule has 0 unspecified atom stereocenters. The first-order chi connectivity index (χ1) is 16.9. The smallest absolute Gasteiger partial charge is 0.254 e. The summed E-state index contributed by atoms with van der Waals surface area (Å²) in [6, 6.07) is 9.71. The molecule has 0 saturated carbocycles. The van der Waals surface area contributed by atoms with Gasteiger partial charge in [0.2, 0.25) is 11.8 Å². The van der Waals surface area contributed by atoms with Crippen molar-refractivity contribution in [2.24, 2.45) is 0 Å². The SMILES string of the molecule is COc1ccc2c(c1)C(=O)N(C[C@@]1(c3cc4cc(-c5cn[nH]c5)c(F)cc4o3)CC(=O)NC1=O)C2. The standard InChI is InChI=1S/C25H19FN4O5/c1-34-16-3-2-13-11-30(23(32)18(13)6-16)12-25(8-22(31)29-24(25)33)21-5-14-4-17(15-9-27-28-10-15)19(26)7-20(14)35-21/h2-7,9-10H,8,11-12H2,1H3,(H,27,28)(H,29,31,33)/t25-/m1/s1. The zero-order chi connectivity index (χ0) is 24.3. The molecular weight excluding hydrogens is 455 g/mol. The minimum Gasteiger partial charge on any atom is -0.497 e. The normalized spacial score (nSPS) is 19.5. The number of carbonyl (C=O) groups excluding carboxylic acids is 3. The first-order valence-corrected chi connectivity index (χ1v) is 10.9. The first kappa shape index (κ1) is 21.1. The summed E-state index contributed by atoms with van der Waals surface area (Å²) in [6.07, 6.45) is 2.88. The van der Waals surface area contributed by atoms with Crippen LogP contribution in [-0.2, 0) is 21.5 Å². The Hall–Kier alpha value is -4.47. The molecule has 0 radical (unpaired) electrons. The lowest BCUT2D eigenvalue weighted by Gasteiger charge is -2.28. The van der Waals surface area contributed by atoms with E-state index in [1.54, 1.807) is 36.5 Å². The van der Waals surface area contributed by atoms with Crippen molar-refractivity contribution < 1.29 is 27.9 Å². The number of furan rings is 1. The Morgan fingerprint density at radius 3 is 2.74 bits per heavy atom. The summed E-state index contributed by atoms with van der Waals surface area (Å²) in [4.78, 5) is 40.1. The van der Waals surface area contributed by atoms with E-state index < -0.39 is 23.0 Å². The molecule has 176 valence electrons. The van der Waals surface area contributed by atoms with Crippen LogP contribution in [0.25, 0.3) is 22.1 Å². The van der Waals surface area contributed by atoms with E-state index in [4.69, 9.17) is 9.15 Å². The van der Waals surface area contributed by atoms with Crippen molar-refractivity contribution >= 4 is 28.7 Å². The van der Waals surface area contributed by atoms with E-state index in [-0.39, 0.29) is 36.8 Å². The van der Waals surface area contributed by atoms with Crippen LogP contribution in [0.4, 0.5) is 4.39 Å². The van der Waals surface area contributed by atoms with Crippen LogP contribution in [0, 0.1) is 5.82 Å². The Bertz CT molecular complexity index is 1530. The molecule has 1 atom stereocenters. The number of imide groups is 1. The van der Waals surface area contributed by atoms with Crippen LogP contribution in [0.3, 0.4) is 0 Å². The van der Waals surface area contributed by atoms with E-state index in [0.717, 1.165) is 5.56 Å². The maximum absolute atomic E-state index is 14.8. The number of benzene rings is 2. The Balaban J connectivity index is 1.41. The highest BCUT2D eigenvalue weighted by Crippen LogP contribution is 2.40. The summed E-state index contributed by atoms with van der Waals surface area (Å²) in [6.45, 7) is 0.207. The fourth-order valence-corrected chi connectivity index (χ4v) is 4.89. The zero-order valence-electron chi connectivity index (χ0n) is 18.6. The molecule has 1 saturated heterocycles. The van der Waals surface area contributed by atoms with E-state index >= 15 is 0 Å². The van der Waals surface area contributed by atoms with Gasteiger partial charge in [0.05, 0.1) is 19.7 Å². The number of methoxy groups -OCH3 is 1. The van der Waals surface area contributed by atoms with Gasteiger partial charge in [0, 0.05) is 47.4 Å². The summed E-state index contributed by atoms with van der Waals surface area (Å²) >= 11 is 0. The third-order valence-electron chi connectivity index (χ3n) is 6.69. The van der Waals surface area contributed by atoms with Gasteiger partial charge < -0.3 is 14.1 Å². The number of nitrogens with zero attached hydrogens (tertiary/aromatic N) is 2. The van der Waals surface area contributed by atoms with Crippen LogP contribution in [0.2, 0.25) is 0 Å². The summed E-state index contributed by atoms with van der Waals surface area (Å²) < 4.78 is 26.0. The highest BCUT2D eigenvalue weighted by Gasteiger charge is 2.53. The first-order valence-electron chi connectivity index (χ1n) is 10.9. The van der Waals surface area contributed by atoms with Gasteiger partial charge in [-0.1, -0.05) is 6.07 Å². The lowest BCUT2D eigenvalue weighted by Crippen LogP contribution is -2.46. The van der Waals surface area contributed by atoms with Gasteiger partial charge in [0.1, 0.15) is 28.3 Å². The number of hydrogen-bond acceptors (Lipinski definition) is 6. The summed E-state index contributed by atoms with van der Waals surface area (Å²) in [5.41, 5.74) is 0.958. The number of ether oxygens (including phenoxy) is 1. The highest BCUT2D eigenvalue weighted by atomic mass is 19.1. The van der Waals surface area contributed by atoms with Crippen LogP contribution >= 0.6 is 0 Å². The van der Waals surface area contributed by atoms with Crippen LogP contribution in [-0.4, -0.2) is 46.5 Å². The number of fused-ring (bicyclic) bond motifs is 2. The lowest BCUT2D eigenvalue weighted by molar-refractivity contribution is -0.127. The van der Waals surface area contributed by atoms with Crippen molar-refractivity contribution in [2.75, 3.05) is 13.7 Å². The van der Waals surface area contributed by atoms with Crippen molar-refractivity contribution in [1.29, 1.82) is 0 Å². The molecule has 2 aliphatic heterocycles.